The van der Waals surface area contributed by atoms with Crippen LogP contribution in [-0.2, 0) is 13.1 Å². The van der Waals surface area contributed by atoms with E-state index in [1.165, 1.54) is 5.56 Å². The molecule has 2 rings (SSSR count). The Morgan fingerprint density at radius 3 is 2.30 bits per heavy atom. The third-order valence-electron chi connectivity index (χ3n) is 3.24. The number of benzene rings is 2. The summed E-state index contributed by atoms with van der Waals surface area (Å²) in [5.74, 6) is 0.880. The Kier molecular flexibility index (Phi) is 5.04. The molecule has 0 heterocycles. The van der Waals surface area contributed by atoms with Gasteiger partial charge in [-0.05, 0) is 51.3 Å². The van der Waals surface area contributed by atoms with E-state index in [1.54, 1.807) is 7.11 Å². The fourth-order valence-electron chi connectivity index (χ4n) is 2.08. The number of hydrogen-bond donors (Lipinski definition) is 1. The molecule has 20 heavy (non-hydrogen) atoms. The smallest absolute Gasteiger partial charge is 0.118 e. The van der Waals surface area contributed by atoms with Gasteiger partial charge in [0.15, 0.2) is 0 Å². The largest absolute Gasteiger partial charge is 0.497 e. The molecule has 0 atom stereocenters. The van der Waals surface area contributed by atoms with E-state index in [0.717, 1.165) is 28.0 Å². The highest BCUT2D eigenvalue weighted by atomic mass is 79.9. The van der Waals surface area contributed by atoms with Gasteiger partial charge in [0.25, 0.3) is 0 Å². The van der Waals surface area contributed by atoms with Gasteiger partial charge in [0.1, 0.15) is 5.75 Å². The number of rotatable bonds is 5. The van der Waals surface area contributed by atoms with Gasteiger partial charge in [-0.3, -0.25) is 0 Å². The molecule has 0 aliphatic rings. The summed E-state index contributed by atoms with van der Waals surface area (Å²) in [7, 11) is 3.75. The van der Waals surface area contributed by atoms with Gasteiger partial charge in [0.2, 0.25) is 0 Å². The molecule has 106 valence electrons. The summed E-state index contributed by atoms with van der Waals surface area (Å²) in [6, 6.07) is 14.3. The lowest BCUT2D eigenvalue weighted by Crippen LogP contribution is -2.17. The monoisotopic (exact) mass is 334 g/mol. The molecule has 0 aromatic heterocycles. The number of nitrogens with zero attached hydrogens (tertiary/aromatic N) is 1. The zero-order valence-electron chi connectivity index (χ0n) is 11.8. The lowest BCUT2D eigenvalue weighted by molar-refractivity contribution is 0.414. The van der Waals surface area contributed by atoms with Crippen LogP contribution in [0.3, 0.4) is 0 Å². The minimum Gasteiger partial charge on any atom is -0.497 e. The molecule has 0 unspecified atom stereocenters. The highest BCUT2D eigenvalue weighted by molar-refractivity contribution is 9.10. The van der Waals surface area contributed by atoms with Crippen LogP contribution < -0.4 is 15.4 Å². The van der Waals surface area contributed by atoms with Crippen LogP contribution >= 0.6 is 15.9 Å². The first-order valence-electron chi connectivity index (χ1n) is 6.46. The van der Waals surface area contributed by atoms with Crippen molar-refractivity contribution in [3.05, 3.63) is 58.1 Å². The predicted molar refractivity (Wildman–Crippen MR) is 87.1 cm³/mol. The molecule has 2 aromatic carbocycles. The maximum atomic E-state index is 5.65. The first-order chi connectivity index (χ1) is 9.63. The molecule has 0 spiro atoms. The van der Waals surface area contributed by atoms with Crippen LogP contribution in [0.15, 0.2) is 46.9 Å². The summed E-state index contributed by atoms with van der Waals surface area (Å²) < 4.78 is 6.24. The third kappa shape index (κ3) is 3.52. The van der Waals surface area contributed by atoms with Gasteiger partial charge in [-0.1, -0.05) is 18.2 Å². The van der Waals surface area contributed by atoms with E-state index in [-0.39, 0.29) is 0 Å². The number of halogens is 1. The van der Waals surface area contributed by atoms with Gasteiger partial charge in [0.05, 0.1) is 12.8 Å². The molecule has 0 saturated carbocycles. The molecule has 0 aliphatic carbocycles. The van der Waals surface area contributed by atoms with E-state index in [1.807, 2.05) is 12.1 Å². The zero-order valence-corrected chi connectivity index (χ0v) is 13.4. The predicted octanol–water partition coefficient (Wildman–Crippen LogP) is 3.55. The Morgan fingerprint density at radius 2 is 1.75 bits per heavy atom. The van der Waals surface area contributed by atoms with Gasteiger partial charge in [-0.2, -0.15) is 0 Å². The fourth-order valence-corrected chi connectivity index (χ4v) is 2.81. The Bertz CT molecular complexity index is 569. The number of methoxy groups -OCH3 is 1. The van der Waals surface area contributed by atoms with E-state index in [2.05, 4.69) is 58.2 Å². The first-order valence-corrected chi connectivity index (χ1v) is 7.26. The van der Waals surface area contributed by atoms with Crippen LogP contribution in [0, 0.1) is 0 Å². The molecular weight excluding hydrogens is 316 g/mol. The van der Waals surface area contributed by atoms with Crippen molar-refractivity contribution in [3.63, 3.8) is 0 Å². The highest BCUT2D eigenvalue weighted by Crippen LogP contribution is 2.27. The summed E-state index contributed by atoms with van der Waals surface area (Å²) in [6.07, 6.45) is 0. The van der Waals surface area contributed by atoms with Crippen molar-refractivity contribution < 1.29 is 4.74 Å². The second kappa shape index (κ2) is 6.77. The maximum Gasteiger partial charge on any atom is 0.118 e. The minimum atomic E-state index is 0.557. The van der Waals surface area contributed by atoms with Crippen LogP contribution in [-0.4, -0.2) is 14.2 Å². The van der Waals surface area contributed by atoms with E-state index >= 15 is 0 Å². The fraction of sp³-hybridized carbons (Fsp3) is 0.250. The maximum absolute atomic E-state index is 5.65. The van der Waals surface area contributed by atoms with Crippen LogP contribution in [0.2, 0.25) is 0 Å². The Morgan fingerprint density at radius 1 is 1.10 bits per heavy atom. The minimum absolute atomic E-state index is 0.557. The van der Waals surface area contributed by atoms with Crippen molar-refractivity contribution >= 4 is 21.6 Å². The average molecular weight is 335 g/mol. The van der Waals surface area contributed by atoms with E-state index < -0.39 is 0 Å². The third-order valence-corrected chi connectivity index (χ3v) is 3.87. The van der Waals surface area contributed by atoms with Gasteiger partial charge in [-0.15, -0.1) is 0 Å². The molecule has 0 aliphatic heterocycles. The average Bonchev–Trinajstić information content (AvgIpc) is 2.47. The van der Waals surface area contributed by atoms with Gasteiger partial charge >= 0.3 is 0 Å². The topological polar surface area (TPSA) is 38.5 Å². The van der Waals surface area contributed by atoms with E-state index in [9.17, 15) is 0 Å². The Labute approximate surface area is 128 Å². The van der Waals surface area contributed by atoms with E-state index in [4.69, 9.17) is 10.5 Å². The molecule has 0 radical (unpaired) electrons. The molecule has 0 saturated heterocycles. The Balaban J connectivity index is 2.12. The normalized spacial score (nSPS) is 10.4. The summed E-state index contributed by atoms with van der Waals surface area (Å²) >= 11 is 3.61. The quantitative estimate of drug-likeness (QED) is 0.908. The number of nitrogens with two attached hydrogens (primary N) is 1. The van der Waals surface area contributed by atoms with Crippen LogP contribution in [0.5, 0.6) is 5.75 Å². The molecule has 2 aromatic rings. The SMILES string of the molecule is COc1ccc(CN(C)c2ccc(CN)cc2Br)cc1. The van der Waals surface area contributed by atoms with Gasteiger partial charge in [-0.25, -0.2) is 0 Å². The molecule has 0 amide bonds. The summed E-state index contributed by atoms with van der Waals surface area (Å²) in [5, 5.41) is 0. The second-order valence-electron chi connectivity index (χ2n) is 4.69. The van der Waals surface area contributed by atoms with Crippen LogP contribution in [0.25, 0.3) is 0 Å². The second-order valence-corrected chi connectivity index (χ2v) is 5.55. The first kappa shape index (κ1) is 14.9. The number of anilines is 1. The highest BCUT2D eigenvalue weighted by Gasteiger charge is 2.07. The van der Waals surface area contributed by atoms with Crippen molar-refractivity contribution in [2.75, 3.05) is 19.1 Å². The number of hydrogen-bond acceptors (Lipinski definition) is 3. The van der Waals surface area contributed by atoms with Gasteiger partial charge in [0, 0.05) is 24.6 Å². The molecule has 4 heteroatoms. The van der Waals surface area contributed by atoms with Crippen molar-refractivity contribution in [1.29, 1.82) is 0 Å². The van der Waals surface area contributed by atoms with Crippen molar-refractivity contribution in [3.8, 4) is 5.75 Å². The molecule has 3 nitrogen and oxygen atoms in total. The van der Waals surface area contributed by atoms with Crippen molar-refractivity contribution in [1.82, 2.24) is 0 Å². The van der Waals surface area contributed by atoms with Crippen molar-refractivity contribution in [2.24, 2.45) is 5.73 Å². The van der Waals surface area contributed by atoms with Crippen LogP contribution in [0.4, 0.5) is 5.69 Å². The zero-order chi connectivity index (χ0) is 14.5. The molecule has 0 bridgehead atoms. The van der Waals surface area contributed by atoms with Gasteiger partial charge < -0.3 is 15.4 Å². The van der Waals surface area contributed by atoms with Crippen molar-refractivity contribution in [2.45, 2.75) is 13.1 Å². The standard InChI is InChI=1S/C16H19BrN2O/c1-19(11-12-3-6-14(20-2)7-4-12)16-8-5-13(10-18)9-15(16)17/h3-9H,10-11,18H2,1-2H3. The van der Waals surface area contributed by atoms with E-state index in [0.29, 0.717) is 6.54 Å². The summed E-state index contributed by atoms with van der Waals surface area (Å²) in [4.78, 5) is 2.20. The number of ether oxygens (including phenoxy) is 1. The Hall–Kier alpha value is -1.52. The van der Waals surface area contributed by atoms with Crippen LogP contribution in [0.1, 0.15) is 11.1 Å². The summed E-state index contributed by atoms with van der Waals surface area (Å²) in [6.45, 7) is 1.39. The lowest BCUT2D eigenvalue weighted by Gasteiger charge is -2.21. The molecular formula is C16H19BrN2O. The lowest BCUT2D eigenvalue weighted by atomic mass is 10.1. The molecule has 0 fully saturated rings. The summed E-state index contributed by atoms with van der Waals surface area (Å²) in [5.41, 5.74) is 9.16. The molecule has 2 N–H and O–H groups in total.